The molecule has 2 N–H and O–H groups in total. The fourth-order valence-corrected chi connectivity index (χ4v) is 8.46. The second-order valence-electron chi connectivity index (χ2n) is 16.3. The van der Waals surface area contributed by atoms with Crippen molar-refractivity contribution < 1.29 is 40.0 Å². The Kier molecular flexibility index (Phi) is 20.3. The van der Waals surface area contributed by atoms with Crippen molar-refractivity contribution in [2.45, 2.75) is 103 Å². The lowest BCUT2D eigenvalue weighted by atomic mass is 9.94. The summed E-state index contributed by atoms with van der Waals surface area (Å²) in [5, 5.41) is 6.53. The van der Waals surface area contributed by atoms with Crippen LogP contribution in [0.4, 0.5) is 17.6 Å². The Morgan fingerprint density at radius 2 is 0.875 bits per heavy atom. The molecule has 0 fully saturated rings. The lowest BCUT2D eigenvalue weighted by molar-refractivity contribution is 0.220. The van der Waals surface area contributed by atoms with Gasteiger partial charge in [-0.15, -0.1) is 9.05 Å². The van der Waals surface area contributed by atoms with Gasteiger partial charge in [0.25, 0.3) is 0 Å². The smallest absolute Gasteiger partial charge is 0.472 e. The number of unbranched alkanes of at least 4 members (excludes halogenated alkanes) is 6. The van der Waals surface area contributed by atoms with E-state index < -0.39 is 8.25 Å². The number of hydrogen-bond acceptors (Lipinski definition) is 7. The Bertz CT molecular complexity index is 2110. The van der Waals surface area contributed by atoms with E-state index in [-0.39, 0.29) is 36.5 Å². The van der Waals surface area contributed by atoms with E-state index in [0.29, 0.717) is 50.1 Å². The first-order valence-corrected chi connectivity index (χ1v) is 23.7. The zero-order valence-corrected chi connectivity index (χ0v) is 37.4. The Morgan fingerprint density at radius 3 is 1.27 bits per heavy atom. The highest BCUT2D eigenvalue weighted by Crippen LogP contribution is 2.31. The molecule has 64 heavy (non-hydrogen) atoms. The highest BCUT2D eigenvalue weighted by Gasteiger charge is 2.20. The first-order valence-electron chi connectivity index (χ1n) is 22.6. The van der Waals surface area contributed by atoms with E-state index in [4.69, 9.17) is 17.9 Å². The number of halogens is 4. The number of nitrogens with one attached hydrogen (secondary N) is 2. The van der Waals surface area contributed by atoms with E-state index in [1.165, 1.54) is 24.3 Å². The zero-order chi connectivity index (χ0) is 44.8. The average Bonchev–Trinajstić information content (AvgIpc) is 4.04. The third kappa shape index (κ3) is 16.3. The van der Waals surface area contributed by atoms with E-state index in [1.54, 1.807) is 37.2 Å². The van der Waals surface area contributed by atoms with Gasteiger partial charge in [-0.3, -0.25) is 0 Å². The molecule has 4 aromatic carbocycles. The van der Waals surface area contributed by atoms with E-state index in [2.05, 4.69) is 10.6 Å². The normalized spacial score (nSPS) is 11.4. The Labute approximate surface area is 375 Å². The van der Waals surface area contributed by atoms with Crippen molar-refractivity contribution in [2.24, 2.45) is 0 Å². The molecule has 12 heteroatoms. The molecular weight excluding hydrogens is 840 g/mol. The minimum Gasteiger partial charge on any atom is -0.472 e. The molecule has 340 valence electrons. The SMILES string of the molecule is O=[P+](OCCCNCc1cc(-c2ccoc2)c(CCCCCCc2ccc(F)cc2)cc1F)OCCCNCc1cc(-c2ccoc2)c(CCCCCCc2ccc(F)cc2)cc1F. The predicted molar refractivity (Wildman–Crippen MR) is 245 cm³/mol. The summed E-state index contributed by atoms with van der Waals surface area (Å²) < 4.78 is 90.7. The summed E-state index contributed by atoms with van der Waals surface area (Å²) in [5.74, 6) is -0.957. The van der Waals surface area contributed by atoms with Crippen LogP contribution in [0.15, 0.2) is 119 Å². The molecule has 0 bridgehead atoms. The summed E-state index contributed by atoms with van der Waals surface area (Å²) in [4.78, 5) is 0. The van der Waals surface area contributed by atoms with Gasteiger partial charge in [0.15, 0.2) is 0 Å². The van der Waals surface area contributed by atoms with Crippen LogP contribution in [0, 0.1) is 23.3 Å². The van der Waals surface area contributed by atoms with Crippen molar-refractivity contribution in [1.82, 2.24) is 10.6 Å². The average molecular weight is 900 g/mol. The van der Waals surface area contributed by atoms with Crippen molar-refractivity contribution in [1.29, 1.82) is 0 Å². The molecule has 6 rings (SSSR count). The molecule has 0 aliphatic rings. The van der Waals surface area contributed by atoms with Gasteiger partial charge in [-0.1, -0.05) is 49.9 Å². The van der Waals surface area contributed by atoms with Crippen LogP contribution in [-0.2, 0) is 52.4 Å². The molecule has 0 atom stereocenters. The summed E-state index contributed by atoms with van der Waals surface area (Å²) in [6.45, 7) is 2.17. The molecule has 0 amide bonds. The maximum atomic E-state index is 15.3. The van der Waals surface area contributed by atoms with Crippen LogP contribution in [0.5, 0.6) is 0 Å². The number of furan rings is 2. The third-order valence-corrected chi connectivity index (χ3v) is 12.2. The standard InChI is InChI=1S/C52H60F4N2O5P/c53-47-19-15-39(16-20-47)11-5-1-3-7-13-41-33-51(55)45(31-49(41)43-23-29-60-37-43)35-57-25-9-27-62-64(59)63-28-10-26-58-36-46-32-50(44-24-30-61-38-44)42(34-52(46)56)14-8-4-2-6-12-40-17-21-48(54)22-18-40/h15-24,29-34,37-38,57-58H,1-14,25-28,35-36H2/q+1. The van der Waals surface area contributed by atoms with Gasteiger partial charge in [-0.05, 0) is 171 Å². The molecule has 0 aliphatic heterocycles. The van der Waals surface area contributed by atoms with Crippen molar-refractivity contribution in [3.8, 4) is 22.3 Å². The predicted octanol–water partition coefficient (Wildman–Crippen LogP) is 13.8. The van der Waals surface area contributed by atoms with Gasteiger partial charge in [0.2, 0.25) is 0 Å². The molecule has 0 saturated carbocycles. The molecule has 7 nitrogen and oxygen atoms in total. The first-order chi connectivity index (χ1) is 31.3. The quantitative estimate of drug-likeness (QED) is 0.0265. The topological polar surface area (TPSA) is 85.9 Å². The molecule has 0 unspecified atom stereocenters. The second kappa shape index (κ2) is 26.8. The largest absolute Gasteiger partial charge is 0.697 e. The molecule has 0 saturated heterocycles. The molecule has 0 spiro atoms. The van der Waals surface area contributed by atoms with Crippen molar-refractivity contribution >= 4 is 8.25 Å². The van der Waals surface area contributed by atoms with Crippen LogP contribution < -0.4 is 10.6 Å². The monoisotopic (exact) mass is 899 g/mol. The number of benzene rings is 4. The lowest BCUT2D eigenvalue weighted by Gasteiger charge is -2.13. The fraction of sp³-hybridized carbons (Fsp3) is 0.385. The van der Waals surface area contributed by atoms with Crippen LogP contribution in [0.3, 0.4) is 0 Å². The molecule has 6 aromatic rings. The van der Waals surface area contributed by atoms with Crippen LogP contribution in [0.1, 0.15) is 97.6 Å². The van der Waals surface area contributed by atoms with Gasteiger partial charge in [0.05, 0.1) is 25.1 Å². The highest BCUT2D eigenvalue weighted by atomic mass is 31.1. The van der Waals surface area contributed by atoms with E-state index in [0.717, 1.165) is 122 Å². The van der Waals surface area contributed by atoms with Crippen molar-refractivity contribution in [3.63, 3.8) is 0 Å². The third-order valence-electron chi connectivity index (χ3n) is 11.4. The van der Waals surface area contributed by atoms with E-state index in [9.17, 15) is 13.3 Å². The van der Waals surface area contributed by atoms with Gasteiger partial charge in [-0.2, -0.15) is 0 Å². The first kappa shape index (κ1) is 48.6. The molecular formula is C52H60F4N2O5P+. The Morgan fingerprint density at radius 1 is 0.469 bits per heavy atom. The summed E-state index contributed by atoms with van der Waals surface area (Å²) in [5.41, 5.74) is 9.02. The van der Waals surface area contributed by atoms with Crippen LogP contribution in [-0.4, -0.2) is 26.3 Å². The summed E-state index contributed by atoms with van der Waals surface area (Å²) in [6, 6.07) is 24.2. The van der Waals surface area contributed by atoms with Crippen molar-refractivity contribution in [3.05, 3.63) is 167 Å². The van der Waals surface area contributed by atoms with Gasteiger partial charge in [0, 0.05) is 39.9 Å². The van der Waals surface area contributed by atoms with Gasteiger partial charge in [-0.25, -0.2) is 17.6 Å². The maximum Gasteiger partial charge on any atom is 0.697 e. The highest BCUT2D eigenvalue weighted by molar-refractivity contribution is 7.33. The second-order valence-corrected chi connectivity index (χ2v) is 17.2. The van der Waals surface area contributed by atoms with Crippen LogP contribution >= 0.6 is 8.25 Å². The zero-order valence-electron chi connectivity index (χ0n) is 36.5. The molecule has 0 radical (unpaired) electrons. The van der Waals surface area contributed by atoms with Crippen LogP contribution in [0.2, 0.25) is 0 Å². The van der Waals surface area contributed by atoms with Crippen molar-refractivity contribution in [2.75, 3.05) is 26.3 Å². The minimum absolute atomic E-state index is 0.219. The van der Waals surface area contributed by atoms with Gasteiger partial charge in [0.1, 0.15) is 36.5 Å². The Balaban J connectivity index is 0.830. The summed E-state index contributed by atoms with van der Waals surface area (Å²) >= 11 is 0. The van der Waals surface area contributed by atoms with Gasteiger partial charge >= 0.3 is 8.25 Å². The number of hydrogen-bond donors (Lipinski definition) is 2. The Hall–Kier alpha value is -4.90. The maximum absolute atomic E-state index is 15.3. The number of aryl methyl sites for hydroxylation is 4. The van der Waals surface area contributed by atoms with E-state index >= 15 is 8.78 Å². The summed E-state index contributed by atoms with van der Waals surface area (Å²) in [6.07, 6.45) is 19.1. The minimum atomic E-state index is -2.29. The van der Waals surface area contributed by atoms with Gasteiger partial charge < -0.3 is 19.5 Å². The molecule has 2 heterocycles. The molecule has 0 aliphatic carbocycles. The summed E-state index contributed by atoms with van der Waals surface area (Å²) in [7, 11) is -2.29. The number of rotatable bonds is 30. The van der Waals surface area contributed by atoms with E-state index in [1.807, 2.05) is 48.5 Å². The lowest BCUT2D eigenvalue weighted by Crippen LogP contribution is -2.17. The fourth-order valence-electron chi connectivity index (χ4n) is 7.83. The van der Waals surface area contributed by atoms with Crippen LogP contribution in [0.25, 0.3) is 22.3 Å². The molecule has 2 aromatic heterocycles.